The van der Waals surface area contributed by atoms with Crippen LogP contribution >= 0.6 is 11.3 Å². The number of rotatable bonds is 9. The third kappa shape index (κ3) is 5.09. The third-order valence-electron chi connectivity index (χ3n) is 6.52. The number of carboxylic acid groups (broad SMARTS) is 1. The molecule has 0 fully saturated rings. The number of carbonyl (C=O) groups is 1. The highest BCUT2D eigenvalue weighted by Crippen LogP contribution is 2.42. The number of hydrogen-bond acceptors (Lipinski definition) is 6. The molecule has 0 bridgehead atoms. The van der Waals surface area contributed by atoms with Crippen molar-refractivity contribution >= 4 is 28.2 Å². The van der Waals surface area contributed by atoms with Crippen molar-refractivity contribution in [3.05, 3.63) is 107 Å². The second-order valence-corrected chi connectivity index (χ2v) is 10.1. The predicted octanol–water partition coefficient (Wildman–Crippen LogP) is 6.71. The summed E-state index contributed by atoms with van der Waals surface area (Å²) in [6, 6.07) is 17.6. The van der Waals surface area contributed by atoms with Gasteiger partial charge in [0.2, 0.25) is 0 Å². The van der Waals surface area contributed by atoms with E-state index in [1.807, 2.05) is 23.6 Å². The molecule has 1 atom stereocenters. The topological polar surface area (TPSA) is 124 Å². The molecule has 8 nitrogen and oxygen atoms in total. The number of aryl methyl sites for hydroxylation is 1. The van der Waals surface area contributed by atoms with E-state index in [4.69, 9.17) is 9.84 Å². The minimum atomic E-state index is -0.978. The number of aromatic amines is 2. The van der Waals surface area contributed by atoms with Gasteiger partial charge in [-0.3, -0.25) is 4.79 Å². The zero-order valence-corrected chi connectivity index (χ0v) is 21.8. The van der Waals surface area contributed by atoms with E-state index in [-0.39, 0.29) is 12.2 Å². The van der Waals surface area contributed by atoms with E-state index < -0.39 is 17.9 Å². The minimum Gasteiger partial charge on any atom is -0.481 e. The summed E-state index contributed by atoms with van der Waals surface area (Å²) in [5.41, 5.74) is 3.84. The Morgan fingerprint density at radius 2 is 1.98 bits per heavy atom. The number of aromatic nitrogens is 4. The summed E-state index contributed by atoms with van der Waals surface area (Å²) >= 11 is 1.40. The smallest absolute Gasteiger partial charge is 0.303 e. The normalized spacial score (nSPS) is 12.1. The monoisotopic (exact) mass is 554 g/mol. The number of thiazole rings is 1. The van der Waals surface area contributed by atoms with Crippen molar-refractivity contribution in [1.29, 1.82) is 0 Å². The van der Waals surface area contributed by atoms with Gasteiger partial charge in [0.15, 0.2) is 11.6 Å². The zero-order chi connectivity index (χ0) is 27.6. The molecular weight excluding hydrogens is 531 g/mol. The summed E-state index contributed by atoms with van der Waals surface area (Å²) < 4.78 is 21.4. The molecule has 200 valence electrons. The van der Waals surface area contributed by atoms with Crippen molar-refractivity contribution in [2.45, 2.75) is 18.9 Å². The van der Waals surface area contributed by atoms with Gasteiger partial charge < -0.3 is 24.9 Å². The molecule has 0 aliphatic heterocycles. The SMILES string of the molecule is O=C(O)CCc1cccc(C(O)c2cnc(-c3cccc(Oc4c(F)cc5[nH]ccc5c4-c4nccs4)c3)[nH]2)c1. The van der Waals surface area contributed by atoms with E-state index >= 15 is 4.39 Å². The van der Waals surface area contributed by atoms with Gasteiger partial charge in [0, 0.05) is 46.7 Å². The number of halogens is 1. The van der Waals surface area contributed by atoms with E-state index in [1.165, 1.54) is 17.4 Å². The molecule has 0 radical (unpaired) electrons. The number of aliphatic carboxylic acids is 1. The van der Waals surface area contributed by atoms with Gasteiger partial charge in [0.1, 0.15) is 22.7 Å². The molecule has 0 saturated carbocycles. The summed E-state index contributed by atoms with van der Waals surface area (Å²) in [4.78, 5) is 25.9. The Morgan fingerprint density at radius 3 is 2.80 bits per heavy atom. The van der Waals surface area contributed by atoms with Crippen LogP contribution in [0.1, 0.15) is 29.3 Å². The third-order valence-corrected chi connectivity index (χ3v) is 7.31. The average Bonchev–Trinajstić information content (AvgIpc) is 3.75. The Balaban J connectivity index is 1.27. The molecular formula is C30H23FN4O4S. The van der Waals surface area contributed by atoms with E-state index in [0.29, 0.717) is 50.9 Å². The molecule has 0 aliphatic rings. The Morgan fingerprint density at radius 1 is 1.10 bits per heavy atom. The second kappa shape index (κ2) is 10.8. The minimum absolute atomic E-state index is 0.0143. The fraction of sp³-hybridized carbons (Fsp3) is 0.100. The van der Waals surface area contributed by atoms with Gasteiger partial charge in [-0.05, 0) is 35.7 Å². The summed E-state index contributed by atoms with van der Waals surface area (Å²) in [5.74, 6) is -0.392. The predicted molar refractivity (Wildman–Crippen MR) is 150 cm³/mol. The van der Waals surface area contributed by atoms with Gasteiger partial charge in [-0.2, -0.15) is 0 Å². The molecule has 0 spiro atoms. The molecule has 3 aromatic carbocycles. The van der Waals surface area contributed by atoms with E-state index in [1.54, 1.807) is 55.0 Å². The number of hydrogen-bond donors (Lipinski definition) is 4. The van der Waals surface area contributed by atoms with Gasteiger partial charge >= 0.3 is 5.97 Å². The van der Waals surface area contributed by atoms with Crippen molar-refractivity contribution in [3.8, 4) is 33.5 Å². The molecule has 3 aromatic heterocycles. The first-order valence-corrected chi connectivity index (χ1v) is 13.4. The number of nitrogens with zero attached hydrogens (tertiary/aromatic N) is 2. The van der Waals surface area contributed by atoms with Crippen molar-refractivity contribution < 1.29 is 24.1 Å². The first kappa shape index (κ1) is 25.5. The number of benzene rings is 3. The molecule has 3 heterocycles. The van der Waals surface area contributed by atoms with E-state index in [9.17, 15) is 9.90 Å². The molecule has 6 aromatic rings. The van der Waals surface area contributed by atoms with Gasteiger partial charge in [-0.25, -0.2) is 14.4 Å². The molecule has 0 aliphatic carbocycles. The lowest BCUT2D eigenvalue weighted by Gasteiger charge is -2.13. The van der Waals surface area contributed by atoms with Crippen LogP contribution in [-0.2, 0) is 11.2 Å². The standard InChI is InChI=1S/C30H23FN4O4S/c31-22-15-23-21(9-10-32-23)26(30-33-11-12-40-30)28(22)39-20-6-2-5-19(14-20)29-34-16-24(35-29)27(38)18-4-1-3-17(13-18)7-8-25(36)37/h1-6,9-16,27,32,38H,7-8H2,(H,34,35)(H,36,37). The van der Waals surface area contributed by atoms with Crippen LogP contribution in [-0.4, -0.2) is 36.1 Å². The van der Waals surface area contributed by atoms with Crippen molar-refractivity contribution in [2.75, 3.05) is 0 Å². The Kier molecular flexibility index (Phi) is 6.85. The van der Waals surface area contributed by atoms with Crippen molar-refractivity contribution in [3.63, 3.8) is 0 Å². The van der Waals surface area contributed by atoms with Crippen LogP contribution in [0.3, 0.4) is 0 Å². The lowest BCUT2D eigenvalue weighted by Crippen LogP contribution is -2.02. The summed E-state index contributed by atoms with van der Waals surface area (Å²) in [5, 5.41) is 23.2. The van der Waals surface area contributed by atoms with Gasteiger partial charge in [0.25, 0.3) is 0 Å². The molecule has 0 amide bonds. The van der Waals surface area contributed by atoms with Gasteiger partial charge in [-0.15, -0.1) is 11.3 Å². The molecule has 40 heavy (non-hydrogen) atoms. The average molecular weight is 555 g/mol. The maximum atomic E-state index is 15.3. The summed E-state index contributed by atoms with van der Waals surface area (Å²) in [6.45, 7) is 0. The van der Waals surface area contributed by atoms with Crippen molar-refractivity contribution in [1.82, 2.24) is 19.9 Å². The first-order valence-electron chi connectivity index (χ1n) is 12.5. The highest BCUT2D eigenvalue weighted by atomic mass is 32.1. The fourth-order valence-electron chi connectivity index (χ4n) is 4.61. The van der Waals surface area contributed by atoms with Crippen LogP contribution in [0.25, 0.3) is 32.9 Å². The molecule has 10 heteroatoms. The zero-order valence-electron chi connectivity index (χ0n) is 21.0. The number of aliphatic hydroxyl groups is 1. The van der Waals surface area contributed by atoms with Crippen LogP contribution in [0.15, 0.2) is 84.6 Å². The lowest BCUT2D eigenvalue weighted by molar-refractivity contribution is -0.136. The van der Waals surface area contributed by atoms with Crippen molar-refractivity contribution in [2.24, 2.45) is 0 Å². The van der Waals surface area contributed by atoms with Crippen LogP contribution in [0, 0.1) is 5.82 Å². The van der Waals surface area contributed by atoms with Crippen LogP contribution in [0.5, 0.6) is 11.5 Å². The summed E-state index contributed by atoms with van der Waals surface area (Å²) in [7, 11) is 0. The molecule has 1 unspecified atom stereocenters. The fourth-order valence-corrected chi connectivity index (χ4v) is 5.30. The van der Waals surface area contributed by atoms with Gasteiger partial charge in [0.05, 0.1) is 17.5 Å². The second-order valence-electron chi connectivity index (χ2n) is 9.20. The number of nitrogens with one attached hydrogen (secondary N) is 2. The maximum Gasteiger partial charge on any atom is 0.303 e. The Bertz CT molecular complexity index is 1810. The molecule has 6 rings (SSSR count). The van der Waals surface area contributed by atoms with Crippen LogP contribution in [0.2, 0.25) is 0 Å². The Hall–Kier alpha value is -4.80. The number of imidazole rings is 1. The highest BCUT2D eigenvalue weighted by molar-refractivity contribution is 7.13. The number of carboxylic acids is 1. The van der Waals surface area contributed by atoms with E-state index in [2.05, 4.69) is 19.9 Å². The number of ether oxygens (including phenoxy) is 1. The quantitative estimate of drug-likeness (QED) is 0.157. The lowest BCUT2D eigenvalue weighted by atomic mass is 10.0. The van der Waals surface area contributed by atoms with Crippen LogP contribution in [0.4, 0.5) is 4.39 Å². The Labute approximate surface area is 231 Å². The summed E-state index contributed by atoms with van der Waals surface area (Å²) in [6.07, 6.45) is 4.38. The van der Waals surface area contributed by atoms with E-state index in [0.717, 1.165) is 10.9 Å². The highest BCUT2D eigenvalue weighted by Gasteiger charge is 2.21. The van der Waals surface area contributed by atoms with Gasteiger partial charge in [-0.1, -0.05) is 36.4 Å². The number of H-pyrrole nitrogens is 2. The van der Waals surface area contributed by atoms with Crippen LogP contribution < -0.4 is 4.74 Å². The number of aliphatic hydroxyl groups excluding tert-OH is 1. The molecule has 0 saturated heterocycles. The first-order chi connectivity index (χ1) is 19.5. The maximum absolute atomic E-state index is 15.3. The molecule has 4 N–H and O–H groups in total. The number of fused-ring (bicyclic) bond motifs is 1. The largest absolute Gasteiger partial charge is 0.481 e.